The molecule has 0 amide bonds. The second kappa shape index (κ2) is 8.99. The van der Waals surface area contributed by atoms with E-state index in [-0.39, 0.29) is 10.9 Å². The van der Waals surface area contributed by atoms with Crippen molar-refractivity contribution in [2.24, 2.45) is 4.99 Å². The summed E-state index contributed by atoms with van der Waals surface area (Å²) in [5.74, 6) is -0.321. The standard InChI is InChI=1S/C8H10N2O2.C7H8O3S/c1-2-12-8(11)4-3-7-5-9-6-10-7;1-6-2-4-7(5-3-6)11(8,9)10/h3-6H,2H2,1H3,(H,9,10);2-5H,1H3,(H,8,9,10)/b4-3+;. The van der Waals surface area contributed by atoms with E-state index in [1.54, 1.807) is 37.7 Å². The first-order chi connectivity index (χ1) is 10.8. The molecule has 1 aliphatic rings. The molecular formula is C15H18N2O5S. The van der Waals surface area contributed by atoms with Crippen LogP contribution in [0.4, 0.5) is 0 Å². The predicted octanol–water partition coefficient (Wildman–Crippen LogP) is 0.452. The molecule has 1 aliphatic heterocycles. The van der Waals surface area contributed by atoms with Gasteiger partial charge in [-0.05, 0) is 26.0 Å². The molecule has 0 fully saturated rings. The van der Waals surface area contributed by atoms with Crippen LogP contribution in [0.1, 0.15) is 12.5 Å². The van der Waals surface area contributed by atoms with Crippen LogP contribution in [-0.4, -0.2) is 31.9 Å². The highest BCUT2D eigenvalue weighted by Crippen LogP contribution is 2.08. The molecule has 0 aliphatic carbocycles. The van der Waals surface area contributed by atoms with Crippen molar-refractivity contribution in [1.82, 2.24) is 0 Å². The molecule has 0 aromatic heterocycles. The zero-order valence-corrected chi connectivity index (χ0v) is 13.6. The van der Waals surface area contributed by atoms with Gasteiger partial charge in [0.2, 0.25) is 0 Å². The van der Waals surface area contributed by atoms with Crippen LogP contribution in [0.25, 0.3) is 0 Å². The molecule has 0 atom stereocenters. The molecular weight excluding hydrogens is 320 g/mol. The second-order valence-electron chi connectivity index (χ2n) is 4.45. The number of allylic oxidation sites excluding steroid dienone is 1. The van der Waals surface area contributed by atoms with Gasteiger partial charge in [-0.1, -0.05) is 17.7 Å². The van der Waals surface area contributed by atoms with Crippen molar-refractivity contribution in [2.75, 3.05) is 6.61 Å². The molecule has 1 heterocycles. The van der Waals surface area contributed by atoms with E-state index < -0.39 is 10.1 Å². The minimum Gasteiger partial charge on any atom is -0.744 e. The zero-order chi connectivity index (χ0) is 17.3. The minimum absolute atomic E-state index is 0.178. The van der Waals surface area contributed by atoms with E-state index in [2.05, 4.69) is 4.99 Å². The molecule has 2 N–H and O–H groups in total. The highest BCUT2D eigenvalue weighted by Gasteiger charge is 2.01. The lowest BCUT2D eigenvalue weighted by molar-refractivity contribution is -0.464. The van der Waals surface area contributed by atoms with Crippen LogP contribution in [0.2, 0.25) is 0 Å². The Morgan fingerprint density at radius 1 is 1.35 bits per heavy atom. The van der Waals surface area contributed by atoms with Crippen molar-refractivity contribution in [3.05, 3.63) is 53.9 Å². The topological polar surface area (TPSA) is 112 Å². The van der Waals surface area contributed by atoms with Crippen LogP contribution >= 0.6 is 0 Å². The van der Waals surface area contributed by atoms with Gasteiger partial charge in [-0.3, -0.25) is 5.32 Å². The van der Waals surface area contributed by atoms with Crippen molar-refractivity contribution >= 4 is 22.4 Å². The van der Waals surface area contributed by atoms with Gasteiger partial charge in [-0.15, -0.1) is 0 Å². The van der Waals surface area contributed by atoms with Crippen LogP contribution in [0.5, 0.6) is 0 Å². The summed E-state index contributed by atoms with van der Waals surface area (Å²) in [6.45, 7) is 4.00. The van der Waals surface area contributed by atoms with E-state index in [9.17, 15) is 17.8 Å². The van der Waals surface area contributed by atoms with E-state index >= 15 is 0 Å². The molecule has 2 rings (SSSR count). The van der Waals surface area contributed by atoms with Gasteiger partial charge in [0.25, 0.3) is 0 Å². The Labute approximate surface area is 135 Å². The maximum Gasteiger partial charge on any atom is 0.330 e. The fourth-order valence-corrected chi connectivity index (χ4v) is 1.93. The number of rotatable bonds is 4. The fourth-order valence-electron chi connectivity index (χ4n) is 1.46. The summed E-state index contributed by atoms with van der Waals surface area (Å²) < 4.78 is 35.9. The number of aryl methyl sites for hydroxylation is 1. The van der Waals surface area contributed by atoms with E-state index in [4.69, 9.17) is 4.74 Å². The van der Waals surface area contributed by atoms with Crippen LogP contribution in [0, 0.1) is 6.92 Å². The third-order valence-corrected chi connectivity index (χ3v) is 3.43. The van der Waals surface area contributed by atoms with Gasteiger partial charge in [0.05, 0.1) is 17.7 Å². The largest absolute Gasteiger partial charge is 0.744 e. The molecule has 0 radical (unpaired) electrons. The molecule has 1 aromatic carbocycles. The van der Waals surface area contributed by atoms with Crippen molar-refractivity contribution in [3.8, 4) is 0 Å². The lowest BCUT2D eigenvalue weighted by Gasteiger charge is -2.05. The van der Waals surface area contributed by atoms with Crippen molar-refractivity contribution < 1.29 is 27.8 Å². The van der Waals surface area contributed by atoms with Crippen LogP contribution < -0.4 is 5.32 Å². The third kappa shape index (κ3) is 7.50. The summed E-state index contributed by atoms with van der Waals surface area (Å²) in [7, 11) is -4.27. The second-order valence-corrected chi connectivity index (χ2v) is 5.83. The maximum atomic E-state index is 10.8. The summed E-state index contributed by atoms with van der Waals surface area (Å²) in [5.41, 5.74) is 1.83. The first-order valence-corrected chi connectivity index (χ1v) is 8.18. The monoisotopic (exact) mass is 338 g/mol. The number of carbonyl (C=O) groups is 1. The van der Waals surface area contributed by atoms with Crippen molar-refractivity contribution in [2.45, 2.75) is 18.7 Å². The molecule has 0 spiro atoms. The summed E-state index contributed by atoms with van der Waals surface area (Å²) in [4.78, 5) is 14.5. The number of carbonyl (C=O) groups excluding carboxylic acids is 1. The average Bonchev–Trinajstić information content (AvgIpc) is 2.99. The molecule has 7 nitrogen and oxygen atoms in total. The van der Waals surface area contributed by atoms with Gasteiger partial charge < -0.3 is 9.29 Å². The Bertz CT molecular complexity index is 719. The van der Waals surface area contributed by atoms with Gasteiger partial charge in [0, 0.05) is 12.2 Å². The third-order valence-electron chi connectivity index (χ3n) is 2.58. The number of hydrogen-bond acceptors (Lipinski definition) is 6. The van der Waals surface area contributed by atoms with Gasteiger partial charge in [-0.2, -0.15) is 0 Å². The lowest BCUT2D eigenvalue weighted by atomic mass is 10.2. The average molecular weight is 338 g/mol. The number of nitrogens with zero attached hydrogens (tertiary/aromatic N) is 1. The molecule has 0 unspecified atom stereocenters. The molecule has 0 bridgehead atoms. The van der Waals surface area contributed by atoms with Crippen LogP contribution in [-0.2, 0) is 19.6 Å². The van der Waals surface area contributed by atoms with Gasteiger partial charge in [0.15, 0.2) is 12.0 Å². The summed E-state index contributed by atoms with van der Waals surface area (Å²) in [6.07, 6.45) is 6.41. The van der Waals surface area contributed by atoms with Gasteiger partial charge in [0.1, 0.15) is 10.1 Å². The Hall–Kier alpha value is -2.29. The number of aliphatic imine (C=N–C) groups is 1. The predicted molar refractivity (Wildman–Crippen MR) is 83.4 cm³/mol. The lowest BCUT2D eigenvalue weighted by Crippen LogP contribution is -2.78. The number of esters is 1. The first kappa shape index (κ1) is 18.8. The number of ether oxygens (including phenoxy) is 1. The molecule has 0 saturated carbocycles. The summed E-state index contributed by atoms with van der Waals surface area (Å²) in [5, 5.41) is 1.82. The van der Waals surface area contributed by atoms with E-state index in [1.807, 2.05) is 12.2 Å². The minimum atomic E-state index is -4.27. The highest BCUT2D eigenvalue weighted by molar-refractivity contribution is 7.85. The maximum absolute atomic E-state index is 10.8. The fraction of sp³-hybridized carbons (Fsp3) is 0.200. The number of benzene rings is 1. The highest BCUT2D eigenvalue weighted by atomic mass is 32.2. The van der Waals surface area contributed by atoms with Crippen LogP contribution in [0.3, 0.4) is 0 Å². The molecule has 0 saturated heterocycles. The van der Waals surface area contributed by atoms with Gasteiger partial charge in [-0.25, -0.2) is 18.2 Å². The summed E-state index contributed by atoms with van der Waals surface area (Å²) >= 11 is 0. The molecule has 1 aromatic rings. The SMILES string of the molecule is CCOC(=O)/C=C/C1=CN=C[NH2+]1.Cc1ccc(S(=O)(=O)[O-])cc1. The Morgan fingerprint density at radius 3 is 2.48 bits per heavy atom. The summed E-state index contributed by atoms with van der Waals surface area (Å²) in [6, 6.07) is 5.78. The Kier molecular flexibility index (Phi) is 7.33. The smallest absolute Gasteiger partial charge is 0.330 e. The van der Waals surface area contributed by atoms with Gasteiger partial charge >= 0.3 is 5.97 Å². The van der Waals surface area contributed by atoms with Crippen molar-refractivity contribution in [1.29, 1.82) is 0 Å². The Morgan fingerprint density at radius 2 is 2.00 bits per heavy atom. The number of quaternary nitrogens is 1. The zero-order valence-electron chi connectivity index (χ0n) is 12.8. The van der Waals surface area contributed by atoms with E-state index in [1.165, 1.54) is 18.2 Å². The molecule has 8 heteroatoms. The number of hydrogen-bond donors (Lipinski definition) is 1. The quantitative estimate of drug-likeness (QED) is 0.486. The van der Waals surface area contributed by atoms with Crippen molar-refractivity contribution in [3.63, 3.8) is 0 Å². The normalized spacial score (nSPS) is 13.4. The number of nitrogens with two attached hydrogens (primary N) is 1. The Balaban J connectivity index is 0.000000231. The van der Waals surface area contributed by atoms with E-state index in [0.29, 0.717) is 6.61 Å². The van der Waals surface area contributed by atoms with Crippen LogP contribution in [0.15, 0.2) is 58.2 Å². The molecule has 23 heavy (non-hydrogen) atoms. The van der Waals surface area contributed by atoms with E-state index in [0.717, 1.165) is 11.3 Å². The molecule has 124 valence electrons. The first-order valence-electron chi connectivity index (χ1n) is 6.77.